The van der Waals surface area contributed by atoms with Crippen molar-refractivity contribution in [2.45, 2.75) is 31.0 Å². The topological polar surface area (TPSA) is 78.3 Å². The fourth-order valence-electron chi connectivity index (χ4n) is 3.49. The van der Waals surface area contributed by atoms with Crippen LogP contribution < -0.4 is 10.1 Å². The number of hydrogen-bond donors (Lipinski definition) is 1. The van der Waals surface area contributed by atoms with E-state index < -0.39 is 0 Å². The van der Waals surface area contributed by atoms with Gasteiger partial charge in [0.2, 0.25) is 5.91 Å². The molecule has 0 radical (unpaired) electrons. The number of carbonyl (C=O) groups is 1. The van der Waals surface area contributed by atoms with Crippen LogP contribution in [0, 0.1) is 0 Å². The van der Waals surface area contributed by atoms with Crippen LogP contribution in [0.4, 0.5) is 0 Å². The first-order valence-electron chi connectivity index (χ1n) is 10.6. The van der Waals surface area contributed by atoms with Crippen molar-refractivity contribution in [3.8, 4) is 22.8 Å². The van der Waals surface area contributed by atoms with Gasteiger partial charge in [-0.3, -0.25) is 9.36 Å². The van der Waals surface area contributed by atoms with Crippen LogP contribution in [0.3, 0.4) is 0 Å². The average Bonchev–Trinajstić information content (AvgIpc) is 3.47. The smallest absolute Gasteiger partial charge is 0.230 e. The largest absolute Gasteiger partial charge is 0.494 e. The number of carbonyl (C=O) groups excluding carboxylic acids is 1. The van der Waals surface area contributed by atoms with Gasteiger partial charge in [0.15, 0.2) is 11.0 Å². The van der Waals surface area contributed by atoms with Gasteiger partial charge < -0.3 is 14.8 Å². The van der Waals surface area contributed by atoms with Crippen molar-refractivity contribution in [3.05, 3.63) is 53.6 Å². The molecule has 1 aromatic heterocycles. The van der Waals surface area contributed by atoms with Gasteiger partial charge in [0.25, 0.3) is 0 Å². The Labute approximate surface area is 196 Å². The van der Waals surface area contributed by atoms with Gasteiger partial charge in [0, 0.05) is 24.4 Å². The van der Waals surface area contributed by atoms with E-state index in [0.717, 1.165) is 36.4 Å². The molecule has 2 aromatic carbocycles. The molecule has 1 atom stereocenters. The van der Waals surface area contributed by atoms with Gasteiger partial charge in [-0.25, -0.2) is 0 Å². The number of amides is 1. The number of ether oxygens (including phenoxy) is 2. The van der Waals surface area contributed by atoms with Crippen LogP contribution in [0.1, 0.15) is 19.8 Å². The van der Waals surface area contributed by atoms with E-state index in [1.807, 2.05) is 60.0 Å². The first kappa shape index (κ1) is 22.6. The Morgan fingerprint density at radius 2 is 2.06 bits per heavy atom. The second-order valence-corrected chi connectivity index (χ2v) is 8.63. The highest BCUT2D eigenvalue weighted by Crippen LogP contribution is 2.32. The first-order chi connectivity index (χ1) is 15.7. The summed E-state index contributed by atoms with van der Waals surface area (Å²) in [5, 5.41) is 12.9. The molecule has 9 heteroatoms. The number of halogens is 1. The van der Waals surface area contributed by atoms with Crippen LogP contribution >= 0.6 is 23.4 Å². The van der Waals surface area contributed by atoms with Crippen molar-refractivity contribution in [1.82, 2.24) is 20.1 Å². The van der Waals surface area contributed by atoms with Gasteiger partial charge >= 0.3 is 0 Å². The minimum atomic E-state index is -0.0639. The van der Waals surface area contributed by atoms with Gasteiger partial charge in [-0.2, -0.15) is 0 Å². The number of hydrogen-bond acceptors (Lipinski definition) is 6. The van der Waals surface area contributed by atoms with Crippen molar-refractivity contribution in [2.24, 2.45) is 0 Å². The van der Waals surface area contributed by atoms with E-state index in [1.54, 1.807) is 0 Å². The number of aromatic nitrogens is 3. The minimum absolute atomic E-state index is 0.0639. The lowest BCUT2D eigenvalue weighted by Gasteiger charge is -2.13. The molecule has 0 saturated carbocycles. The van der Waals surface area contributed by atoms with E-state index in [-0.39, 0.29) is 17.8 Å². The maximum atomic E-state index is 12.4. The molecule has 0 spiro atoms. The maximum Gasteiger partial charge on any atom is 0.230 e. The molecule has 1 aliphatic heterocycles. The third kappa shape index (κ3) is 5.43. The van der Waals surface area contributed by atoms with Crippen LogP contribution in [0.25, 0.3) is 17.1 Å². The lowest BCUT2D eigenvalue weighted by Crippen LogP contribution is -2.32. The zero-order chi connectivity index (χ0) is 22.3. The minimum Gasteiger partial charge on any atom is -0.494 e. The van der Waals surface area contributed by atoms with Crippen molar-refractivity contribution >= 4 is 29.3 Å². The molecule has 1 unspecified atom stereocenters. The summed E-state index contributed by atoms with van der Waals surface area (Å²) in [6, 6.07) is 15.2. The highest BCUT2D eigenvalue weighted by atomic mass is 35.5. The molecule has 4 rings (SSSR count). The van der Waals surface area contributed by atoms with E-state index in [4.69, 9.17) is 21.1 Å². The molecule has 1 N–H and O–H groups in total. The summed E-state index contributed by atoms with van der Waals surface area (Å²) in [5.41, 5.74) is 1.63. The van der Waals surface area contributed by atoms with Crippen molar-refractivity contribution in [2.75, 3.05) is 25.5 Å². The lowest BCUT2D eigenvalue weighted by molar-refractivity contribution is -0.119. The molecule has 1 amide bonds. The number of rotatable bonds is 9. The van der Waals surface area contributed by atoms with Crippen LogP contribution in [0.5, 0.6) is 5.75 Å². The third-order valence-electron chi connectivity index (χ3n) is 5.04. The summed E-state index contributed by atoms with van der Waals surface area (Å²) in [6.45, 7) is 3.85. The molecule has 1 saturated heterocycles. The van der Waals surface area contributed by atoms with Crippen molar-refractivity contribution in [1.29, 1.82) is 0 Å². The second kappa shape index (κ2) is 10.8. The summed E-state index contributed by atoms with van der Waals surface area (Å²) in [5.74, 6) is 1.56. The Hall–Kier alpha value is -2.55. The molecule has 0 aliphatic carbocycles. The molecule has 7 nitrogen and oxygen atoms in total. The highest BCUT2D eigenvalue weighted by Gasteiger charge is 2.20. The first-order valence-corrected chi connectivity index (χ1v) is 12.0. The normalized spacial score (nSPS) is 15.6. The van der Waals surface area contributed by atoms with Gasteiger partial charge in [-0.05, 0) is 56.2 Å². The predicted molar refractivity (Wildman–Crippen MR) is 126 cm³/mol. The van der Waals surface area contributed by atoms with E-state index >= 15 is 0 Å². The molecule has 1 fully saturated rings. The monoisotopic (exact) mass is 472 g/mol. The van der Waals surface area contributed by atoms with Gasteiger partial charge in [0.05, 0.1) is 23.5 Å². The molecular weight excluding hydrogens is 448 g/mol. The summed E-state index contributed by atoms with van der Waals surface area (Å²) in [7, 11) is 0. The van der Waals surface area contributed by atoms with Gasteiger partial charge in [-0.1, -0.05) is 35.5 Å². The molecule has 0 bridgehead atoms. The Bertz CT molecular complexity index is 1050. The van der Waals surface area contributed by atoms with E-state index in [1.165, 1.54) is 11.8 Å². The molecule has 1 aliphatic rings. The predicted octanol–water partition coefficient (Wildman–Crippen LogP) is 4.37. The van der Waals surface area contributed by atoms with Crippen molar-refractivity contribution in [3.63, 3.8) is 0 Å². The zero-order valence-electron chi connectivity index (χ0n) is 17.8. The molecule has 32 heavy (non-hydrogen) atoms. The Morgan fingerprint density at radius 1 is 1.25 bits per heavy atom. The summed E-state index contributed by atoms with van der Waals surface area (Å²) in [4.78, 5) is 12.4. The Morgan fingerprint density at radius 3 is 2.78 bits per heavy atom. The summed E-state index contributed by atoms with van der Waals surface area (Å²) < 4.78 is 13.0. The third-order valence-corrected chi connectivity index (χ3v) is 6.30. The quantitative estimate of drug-likeness (QED) is 0.466. The van der Waals surface area contributed by atoms with E-state index in [9.17, 15) is 4.79 Å². The van der Waals surface area contributed by atoms with Crippen LogP contribution in [-0.4, -0.2) is 52.3 Å². The summed E-state index contributed by atoms with van der Waals surface area (Å²) >= 11 is 7.77. The van der Waals surface area contributed by atoms with E-state index in [2.05, 4.69) is 15.5 Å². The fourth-order valence-corrected chi connectivity index (χ4v) is 4.49. The Balaban J connectivity index is 1.56. The molecule has 2 heterocycles. The number of thioether (sulfide) groups is 1. The highest BCUT2D eigenvalue weighted by molar-refractivity contribution is 7.99. The zero-order valence-corrected chi connectivity index (χ0v) is 19.4. The maximum absolute atomic E-state index is 12.4. The SMILES string of the molecule is CCOc1ccc(-n2c(SCC(=O)NCC3CCCO3)nnc2-c2ccccc2Cl)cc1. The lowest BCUT2D eigenvalue weighted by atomic mass is 10.2. The van der Waals surface area contributed by atoms with Crippen LogP contribution in [0.15, 0.2) is 53.7 Å². The molecule has 3 aromatic rings. The Kier molecular flexibility index (Phi) is 7.68. The van der Waals surface area contributed by atoms with Crippen molar-refractivity contribution < 1.29 is 14.3 Å². The van der Waals surface area contributed by atoms with Crippen LogP contribution in [-0.2, 0) is 9.53 Å². The second-order valence-electron chi connectivity index (χ2n) is 7.28. The number of benzene rings is 2. The standard InChI is InChI=1S/C23H25ClN4O3S/c1-2-30-17-11-9-16(10-12-17)28-22(19-7-3-4-8-20(19)24)26-27-23(28)32-15-21(29)25-14-18-6-5-13-31-18/h3-4,7-12,18H,2,5-6,13-15H2,1H3,(H,25,29). The average molecular weight is 473 g/mol. The van der Waals surface area contributed by atoms with E-state index in [0.29, 0.717) is 29.2 Å². The summed E-state index contributed by atoms with van der Waals surface area (Å²) in [6.07, 6.45) is 2.15. The number of nitrogens with one attached hydrogen (secondary N) is 1. The fraction of sp³-hybridized carbons (Fsp3) is 0.348. The van der Waals surface area contributed by atoms with Crippen LogP contribution in [0.2, 0.25) is 5.02 Å². The number of nitrogens with zero attached hydrogens (tertiary/aromatic N) is 3. The molecule has 168 valence electrons. The van der Waals surface area contributed by atoms with Gasteiger partial charge in [0.1, 0.15) is 5.75 Å². The molecular formula is C23H25ClN4O3S. The van der Waals surface area contributed by atoms with Gasteiger partial charge in [-0.15, -0.1) is 10.2 Å².